The number of carboxylic acid groups (broad SMARTS) is 2. The number of nitrogens with zero attached hydrogens (tertiary/aromatic N) is 7. The van der Waals surface area contributed by atoms with E-state index in [4.69, 9.17) is 19.4 Å². The fourth-order valence-electron chi connectivity index (χ4n) is 10.2. The first-order valence-corrected chi connectivity index (χ1v) is 31.4. The highest BCUT2D eigenvalue weighted by Gasteiger charge is 2.41. The van der Waals surface area contributed by atoms with Gasteiger partial charge in [-0.15, -0.1) is 0 Å². The summed E-state index contributed by atoms with van der Waals surface area (Å²) in [4.78, 5) is 39.9. The lowest BCUT2D eigenvalue weighted by Crippen LogP contribution is -2.30. The van der Waals surface area contributed by atoms with E-state index < -0.39 is 64.1 Å². The number of halogens is 2. The minimum atomic E-state index is -1.40. The highest BCUT2D eigenvalue weighted by atomic mass is 28.3. The predicted molar refractivity (Wildman–Crippen MR) is 263 cm³/mol. The summed E-state index contributed by atoms with van der Waals surface area (Å²) in [6, 6.07) is 14.7. The summed E-state index contributed by atoms with van der Waals surface area (Å²) in [5.74, 6) is 0.216. The highest BCUT2D eigenvalue weighted by Crippen LogP contribution is 2.50. The van der Waals surface area contributed by atoms with Crippen LogP contribution in [0, 0.1) is 11.6 Å². The van der Waals surface area contributed by atoms with Crippen LogP contribution in [-0.4, -0.2) is 93.8 Å². The lowest BCUT2D eigenvalue weighted by Gasteiger charge is -2.34. The average Bonchev–Trinajstić information content (AvgIpc) is 4.09. The normalized spacial score (nSPS) is 20.6. The third-order valence-corrected chi connectivity index (χ3v) is 17.4. The van der Waals surface area contributed by atoms with Gasteiger partial charge in [0.05, 0.1) is 46.2 Å². The van der Waals surface area contributed by atoms with E-state index >= 15 is 8.78 Å². The van der Waals surface area contributed by atoms with E-state index in [0.717, 1.165) is 23.3 Å². The van der Waals surface area contributed by atoms with Crippen molar-refractivity contribution in [2.75, 3.05) is 31.2 Å². The number of hydrogen-bond donors (Lipinski definition) is 2. The second-order valence-electron chi connectivity index (χ2n) is 22.3. The Kier molecular flexibility index (Phi) is 13.7. The van der Waals surface area contributed by atoms with Crippen molar-refractivity contribution in [2.24, 2.45) is 0 Å². The minimum Gasteiger partial charge on any atom is -0.465 e. The Labute approximate surface area is 395 Å². The molecular weight excluding hydrogens is 889 g/mol. The van der Waals surface area contributed by atoms with Gasteiger partial charge in [0.1, 0.15) is 36.7 Å². The number of likely N-dealkylation sites (tertiary alicyclic amines) is 2. The summed E-state index contributed by atoms with van der Waals surface area (Å²) in [5.41, 5.74) is 4.83. The molecule has 0 saturated carbocycles. The monoisotopic (exact) mass is 957 g/mol. The molecule has 13 nitrogen and oxygen atoms in total. The molecule has 67 heavy (non-hydrogen) atoms. The van der Waals surface area contributed by atoms with Crippen LogP contribution < -0.4 is 4.90 Å². The molecule has 3 aromatic carbocycles. The van der Waals surface area contributed by atoms with Crippen molar-refractivity contribution in [1.82, 2.24) is 28.9 Å². The van der Waals surface area contributed by atoms with Gasteiger partial charge in [0, 0.05) is 71.4 Å². The number of carbonyl (C=O) groups is 2. The average molecular weight is 958 g/mol. The van der Waals surface area contributed by atoms with Crippen molar-refractivity contribution in [2.45, 2.75) is 154 Å². The van der Waals surface area contributed by atoms with Crippen LogP contribution in [0.4, 0.5) is 24.1 Å². The van der Waals surface area contributed by atoms with Crippen LogP contribution in [0.5, 0.6) is 0 Å². The highest BCUT2D eigenvalue weighted by molar-refractivity contribution is 6.76. The second-order valence-corrected chi connectivity index (χ2v) is 33.5. The van der Waals surface area contributed by atoms with Gasteiger partial charge >= 0.3 is 12.2 Å². The molecule has 5 heterocycles. The van der Waals surface area contributed by atoms with E-state index in [2.05, 4.69) is 77.1 Å². The predicted octanol–water partition coefficient (Wildman–Crippen LogP) is 12.3. The van der Waals surface area contributed by atoms with Crippen LogP contribution >= 0.6 is 0 Å². The Hall–Kier alpha value is -4.85. The Morgan fingerprint density at radius 2 is 1.07 bits per heavy atom. The molecule has 8 rings (SSSR count). The molecule has 4 atom stereocenters. The van der Waals surface area contributed by atoms with E-state index in [0.29, 0.717) is 110 Å². The van der Waals surface area contributed by atoms with E-state index in [1.807, 2.05) is 21.3 Å². The van der Waals surface area contributed by atoms with Gasteiger partial charge in [-0.3, -0.25) is 9.80 Å². The summed E-state index contributed by atoms with van der Waals surface area (Å²) in [7, 11) is -2.81. The van der Waals surface area contributed by atoms with Gasteiger partial charge in [-0.2, -0.15) is 0 Å². The van der Waals surface area contributed by atoms with Crippen molar-refractivity contribution in [1.29, 1.82) is 0 Å². The zero-order valence-corrected chi connectivity index (χ0v) is 42.7. The molecule has 362 valence electrons. The lowest BCUT2D eigenvalue weighted by atomic mass is 9.87. The maximum absolute atomic E-state index is 17.1. The van der Waals surface area contributed by atoms with Gasteiger partial charge in [0.2, 0.25) is 0 Å². The largest absolute Gasteiger partial charge is 0.465 e. The van der Waals surface area contributed by atoms with Crippen LogP contribution in [0.2, 0.25) is 51.4 Å². The molecule has 0 spiro atoms. The quantitative estimate of drug-likeness (QED) is 0.0775. The molecule has 0 aliphatic carbocycles. The zero-order valence-electron chi connectivity index (χ0n) is 40.7. The number of aromatic nitrogens is 4. The summed E-state index contributed by atoms with van der Waals surface area (Å²) in [5, 5.41) is 20.3. The van der Waals surface area contributed by atoms with Crippen LogP contribution in [-0.2, 0) is 28.4 Å². The standard InChI is InChI=1S/C50H69F2N7O6Si2/c1-50(2,3)32-14-16-33(17-15-32)59-40(34-26-38-44(28-36(34)51)57(30-64-22-24-66(4,5)6)46(53-38)42-12-10-20-55(42)48(60)61)18-19-41(59)35-27-39-45(29-37(35)52)58(31-65-23-25-67(7,8)9)47(54-39)43-13-11-21-56(43)49(62)63/h14-17,26-29,40-43H,10-13,18-25,30-31H2,1-9H3,(H,60,61)(H,62,63)/t40-,41-,42-,43?/m1/s1. The zero-order chi connectivity index (χ0) is 48.2. The third kappa shape index (κ3) is 10.3. The molecular formula is C50H69F2N7O6Si2. The number of imidazole rings is 2. The molecule has 3 aliphatic heterocycles. The van der Waals surface area contributed by atoms with Gasteiger partial charge in [-0.05, 0) is 85.9 Å². The molecule has 3 aliphatic rings. The fraction of sp³-hybridized carbons (Fsp3) is 0.560. The minimum absolute atomic E-state index is 0.119. The van der Waals surface area contributed by atoms with Crippen LogP contribution in [0.25, 0.3) is 22.1 Å². The molecule has 2 N–H and O–H groups in total. The smallest absolute Gasteiger partial charge is 0.407 e. The molecule has 2 amide bonds. The molecule has 0 radical (unpaired) electrons. The van der Waals surface area contributed by atoms with Gasteiger partial charge in [0.25, 0.3) is 0 Å². The van der Waals surface area contributed by atoms with Gasteiger partial charge in [-0.25, -0.2) is 28.3 Å². The number of anilines is 1. The Morgan fingerprint density at radius 1 is 0.657 bits per heavy atom. The Bertz CT molecular complexity index is 2470. The number of rotatable bonds is 15. The maximum atomic E-state index is 17.1. The molecule has 5 aromatic rings. The number of hydrogen-bond acceptors (Lipinski definition) is 7. The topological polar surface area (TPSA) is 138 Å². The van der Waals surface area contributed by atoms with E-state index in [1.165, 1.54) is 21.9 Å². The van der Waals surface area contributed by atoms with Crippen molar-refractivity contribution in [3.8, 4) is 0 Å². The fourth-order valence-corrected chi connectivity index (χ4v) is 11.7. The molecule has 1 unspecified atom stereocenters. The van der Waals surface area contributed by atoms with Gasteiger partial charge < -0.3 is 33.7 Å². The molecule has 3 fully saturated rings. The van der Waals surface area contributed by atoms with E-state index in [9.17, 15) is 19.8 Å². The summed E-state index contributed by atoms with van der Waals surface area (Å²) >= 11 is 0. The summed E-state index contributed by atoms with van der Waals surface area (Å²) in [6.07, 6.45) is 1.57. The maximum Gasteiger partial charge on any atom is 0.407 e. The number of fused-ring (bicyclic) bond motifs is 2. The molecule has 17 heteroatoms. The summed E-state index contributed by atoms with van der Waals surface area (Å²) in [6.45, 7) is 22.2. The van der Waals surface area contributed by atoms with Crippen molar-refractivity contribution < 1.29 is 38.1 Å². The first-order chi connectivity index (χ1) is 31.6. The summed E-state index contributed by atoms with van der Waals surface area (Å²) < 4.78 is 50.4. The van der Waals surface area contributed by atoms with Crippen molar-refractivity contribution >= 4 is 56.1 Å². The van der Waals surface area contributed by atoms with E-state index in [1.54, 1.807) is 12.1 Å². The van der Waals surface area contributed by atoms with Crippen molar-refractivity contribution in [3.05, 3.63) is 88.5 Å². The van der Waals surface area contributed by atoms with Crippen molar-refractivity contribution in [3.63, 3.8) is 0 Å². The lowest BCUT2D eigenvalue weighted by molar-refractivity contribution is 0.0832. The molecule has 0 bridgehead atoms. The number of benzene rings is 3. The number of amides is 2. The van der Waals surface area contributed by atoms with Crippen LogP contribution in [0.3, 0.4) is 0 Å². The molecule has 3 saturated heterocycles. The van der Waals surface area contributed by atoms with Crippen LogP contribution in [0.1, 0.15) is 112 Å². The Morgan fingerprint density at radius 3 is 1.45 bits per heavy atom. The number of ether oxygens (including phenoxy) is 2. The first-order valence-electron chi connectivity index (χ1n) is 24.0. The van der Waals surface area contributed by atoms with Gasteiger partial charge in [0.15, 0.2) is 0 Å². The Balaban J connectivity index is 1.21. The second kappa shape index (κ2) is 18.9. The third-order valence-electron chi connectivity index (χ3n) is 14.0. The van der Waals surface area contributed by atoms with E-state index in [-0.39, 0.29) is 18.9 Å². The van der Waals surface area contributed by atoms with Gasteiger partial charge in [-0.1, -0.05) is 72.2 Å². The van der Waals surface area contributed by atoms with Crippen LogP contribution in [0.15, 0.2) is 48.5 Å². The first kappa shape index (κ1) is 48.6. The SMILES string of the molecule is CC(C)(C)c1ccc(N2[C@@H](c3cc4nc(C5CCCN5C(=O)O)n(COCC[Si](C)(C)C)c4cc3F)CC[C@@H]2c2cc3nc([C@H]4CCCN4C(=O)O)n(COCC[Si](C)(C)C)c3cc2F)cc1. The molecule has 2 aromatic heterocycles.